The van der Waals surface area contributed by atoms with Gasteiger partial charge in [0.15, 0.2) is 11.5 Å². The molecule has 8 nitrogen and oxygen atoms in total. The Morgan fingerprint density at radius 1 is 0.892 bits per heavy atom. The third-order valence-electron chi connectivity index (χ3n) is 6.42. The molecule has 0 aliphatic carbocycles. The molecule has 4 rings (SSSR count). The molecular formula is C28H33N3O5S. The number of rotatable bonds is 10. The molecule has 0 saturated carbocycles. The van der Waals surface area contributed by atoms with Gasteiger partial charge in [0, 0.05) is 31.4 Å². The maximum Gasteiger partial charge on any atom is 0.264 e. The van der Waals surface area contributed by atoms with Crippen LogP contribution in [0.4, 0.5) is 11.4 Å². The maximum absolute atomic E-state index is 13.6. The summed E-state index contributed by atoms with van der Waals surface area (Å²) in [6.45, 7) is 2.07. The molecule has 9 heteroatoms. The fourth-order valence-corrected chi connectivity index (χ4v) is 5.81. The quantitative estimate of drug-likeness (QED) is 0.429. The molecule has 0 aromatic heterocycles. The molecule has 0 bridgehead atoms. The van der Waals surface area contributed by atoms with E-state index >= 15 is 0 Å². The van der Waals surface area contributed by atoms with Crippen molar-refractivity contribution in [3.05, 3.63) is 78.4 Å². The fraction of sp³-hybridized carbons (Fsp3) is 0.321. The second-order valence-electron chi connectivity index (χ2n) is 8.85. The number of sulfonamides is 1. The number of carbonyl (C=O) groups is 1. The van der Waals surface area contributed by atoms with Gasteiger partial charge in [-0.1, -0.05) is 30.3 Å². The van der Waals surface area contributed by atoms with Crippen molar-refractivity contribution < 1.29 is 22.7 Å². The highest BCUT2D eigenvalue weighted by atomic mass is 32.2. The topological polar surface area (TPSA) is 88.2 Å². The zero-order valence-electron chi connectivity index (χ0n) is 21.2. The van der Waals surface area contributed by atoms with E-state index in [9.17, 15) is 13.2 Å². The smallest absolute Gasteiger partial charge is 0.264 e. The summed E-state index contributed by atoms with van der Waals surface area (Å²) in [6, 6.07) is 21.1. The third-order valence-corrected chi connectivity index (χ3v) is 8.19. The molecule has 0 radical (unpaired) electrons. The minimum absolute atomic E-state index is 0.00453. The number of carbonyl (C=O) groups excluding carboxylic acids is 1. The molecular weight excluding hydrogens is 490 g/mol. The monoisotopic (exact) mass is 523 g/mol. The number of piperidine rings is 1. The van der Waals surface area contributed by atoms with Crippen LogP contribution in [-0.4, -0.2) is 48.2 Å². The summed E-state index contributed by atoms with van der Waals surface area (Å²) in [5.74, 6) is 0.291. The van der Waals surface area contributed by atoms with E-state index in [1.807, 2.05) is 12.1 Å². The molecule has 1 aliphatic heterocycles. The van der Waals surface area contributed by atoms with E-state index in [0.717, 1.165) is 23.0 Å². The van der Waals surface area contributed by atoms with Crippen molar-refractivity contribution in [1.29, 1.82) is 0 Å². The lowest BCUT2D eigenvalue weighted by Gasteiger charge is -2.28. The first-order valence-corrected chi connectivity index (χ1v) is 13.8. The Balaban J connectivity index is 1.48. The van der Waals surface area contributed by atoms with Crippen LogP contribution >= 0.6 is 0 Å². The molecule has 0 unspecified atom stereocenters. The van der Waals surface area contributed by atoms with E-state index in [0.29, 0.717) is 18.0 Å². The van der Waals surface area contributed by atoms with Gasteiger partial charge >= 0.3 is 0 Å². The van der Waals surface area contributed by atoms with E-state index in [4.69, 9.17) is 9.47 Å². The molecule has 3 aromatic carbocycles. The predicted molar refractivity (Wildman–Crippen MR) is 145 cm³/mol. The Morgan fingerprint density at radius 2 is 1.57 bits per heavy atom. The summed E-state index contributed by atoms with van der Waals surface area (Å²) in [5.41, 5.74) is 2.52. The molecule has 0 spiro atoms. The fourth-order valence-electron chi connectivity index (χ4n) is 4.38. The predicted octanol–water partition coefficient (Wildman–Crippen LogP) is 4.21. The lowest BCUT2D eigenvalue weighted by atomic mass is 10.1. The minimum atomic E-state index is -4.08. The summed E-state index contributed by atoms with van der Waals surface area (Å²) in [5, 5.41) is 2.86. The van der Waals surface area contributed by atoms with Crippen LogP contribution < -0.4 is 24.0 Å². The highest BCUT2D eigenvalue weighted by Crippen LogP contribution is 2.32. The van der Waals surface area contributed by atoms with Gasteiger partial charge in [0.2, 0.25) is 5.91 Å². The summed E-state index contributed by atoms with van der Waals surface area (Å²) in [7, 11) is -1.16. The molecule has 1 heterocycles. The summed E-state index contributed by atoms with van der Waals surface area (Å²) in [6.07, 6.45) is 3.70. The Morgan fingerprint density at radius 3 is 2.22 bits per heavy atom. The van der Waals surface area contributed by atoms with Gasteiger partial charge in [0.1, 0.15) is 6.54 Å². The van der Waals surface area contributed by atoms with Crippen molar-refractivity contribution in [2.24, 2.45) is 0 Å². The van der Waals surface area contributed by atoms with Gasteiger partial charge in [-0.3, -0.25) is 9.10 Å². The van der Waals surface area contributed by atoms with E-state index in [-0.39, 0.29) is 17.2 Å². The van der Waals surface area contributed by atoms with Crippen LogP contribution in [-0.2, 0) is 21.4 Å². The Hall–Kier alpha value is -3.72. The van der Waals surface area contributed by atoms with Gasteiger partial charge in [-0.25, -0.2) is 8.42 Å². The second kappa shape index (κ2) is 12.0. The molecule has 1 amide bonds. The highest BCUT2D eigenvalue weighted by Gasteiger charge is 2.28. The molecule has 1 saturated heterocycles. The first-order valence-electron chi connectivity index (χ1n) is 12.3. The van der Waals surface area contributed by atoms with Crippen LogP contribution in [0, 0.1) is 0 Å². The Kier molecular flexibility index (Phi) is 8.55. The van der Waals surface area contributed by atoms with Gasteiger partial charge in [-0.05, 0) is 61.2 Å². The normalized spacial score (nSPS) is 13.6. The molecule has 1 aliphatic rings. The Labute approximate surface area is 218 Å². The van der Waals surface area contributed by atoms with Crippen molar-refractivity contribution in [3.63, 3.8) is 0 Å². The van der Waals surface area contributed by atoms with E-state index in [1.165, 1.54) is 57.4 Å². The highest BCUT2D eigenvalue weighted by molar-refractivity contribution is 7.92. The lowest BCUT2D eigenvalue weighted by Crippen LogP contribution is -2.40. The van der Waals surface area contributed by atoms with Crippen molar-refractivity contribution in [3.8, 4) is 11.5 Å². The van der Waals surface area contributed by atoms with Crippen molar-refractivity contribution >= 4 is 27.3 Å². The maximum atomic E-state index is 13.6. The molecule has 37 heavy (non-hydrogen) atoms. The van der Waals surface area contributed by atoms with Crippen LogP contribution in [0.5, 0.6) is 11.5 Å². The standard InChI is InChI=1S/C28H33N3O5S/c1-35-26-16-15-25(19-27(26)36-2)37(33,34)31(24-9-5-3-6-10-24)21-28(32)29-20-22-11-13-23(14-12-22)30-17-7-4-8-18-30/h3,5-6,9-16,19H,4,7-8,17-18,20-21H2,1-2H3,(H,29,32). The van der Waals surface area contributed by atoms with Crippen LogP contribution in [0.25, 0.3) is 0 Å². The summed E-state index contributed by atoms with van der Waals surface area (Å²) >= 11 is 0. The van der Waals surface area contributed by atoms with Gasteiger partial charge in [-0.2, -0.15) is 0 Å². The number of ether oxygens (including phenoxy) is 2. The summed E-state index contributed by atoms with van der Waals surface area (Å²) < 4.78 is 38.9. The Bertz CT molecular complexity index is 1290. The van der Waals surface area contributed by atoms with Gasteiger partial charge < -0.3 is 19.7 Å². The third kappa shape index (κ3) is 6.35. The summed E-state index contributed by atoms with van der Waals surface area (Å²) in [4.78, 5) is 15.3. The van der Waals surface area contributed by atoms with Crippen LogP contribution in [0.1, 0.15) is 24.8 Å². The number of hydrogen-bond acceptors (Lipinski definition) is 6. The second-order valence-corrected chi connectivity index (χ2v) is 10.7. The van der Waals surface area contributed by atoms with Gasteiger partial charge in [0.05, 0.1) is 24.8 Å². The first kappa shape index (κ1) is 26.3. The van der Waals surface area contributed by atoms with E-state index in [2.05, 4.69) is 22.3 Å². The number of anilines is 2. The van der Waals surface area contributed by atoms with E-state index < -0.39 is 15.9 Å². The number of nitrogens with one attached hydrogen (secondary N) is 1. The van der Waals surface area contributed by atoms with Crippen LogP contribution in [0.2, 0.25) is 0 Å². The van der Waals surface area contributed by atoms with Crippen LogP contribution in [0.3, 0.4) is 0 Å². The van der Waals surface area contributed by atoms with Gasteiger partial charge in [0.25, 0.3) is 10.0 Å². The number of hydrogen-bond donors (Lipinski definition) is 1. The molecule has 196 valence electrons. The largest absolute Gasteiger partial charge is 0.493 e. The zero-order chi connectivity index (χ0) is 26.3. The number of amides is 1. The SMILES string of the molecule is COc1ccc(S(=O)(=O)N(CC(=O)NCc2ccc(N3CCCCC3)cc2)c2ccccc2)cc1OC. The number of benzene rings is 3. The molecule has 1 fully saturated rings. The average molecular weight is 524 g/mol. The van der Waals surface area contributed by atoms with Crippen molar-refractivity contribution in [2.45, 2.75) is 30.7 Å². The molecule has 1 N–H and O–H groups in total. The number of methoxy groups -OCH3 is 2. The molecule has 0 atom stereocenters. The first-order chi connectivity index (χ1) is 17.9. The lowest BCUT2D eigenvalue weighted by molar-refractivity contribution is -0.119. The minimum Gasteiger partial charge on any atom is -0.493 e. The van der Waals surface area contributed by atoms with Gasteiger partial charge in [-0.15, -0.1) is 0 Å². The van der Waals surface area contributed by atoms with Crippen LogP contribution in [0.15, 0.2) is 77.7 Å². The number of nitrogens with zero attached hydrogens (tertiary/aromatic N) is 2. The van der Waals surface area contributed by atoms with Crippen molar-refractivity contribution in [2.75, 3.05) is 43.1 Å². The number of para-hydroxylation sites is 1. The molecule has 3 aromatic rings. The van der Waals surface area contributed by atoms with Crippen molar-refractivity contribution in [1.82, 2.24) is 5.32 Å². The van der Waals surface area contributed by atoms with E-state index in [1.54, 1.807) is 30.3 Å². The zero-order valence-corrected chi connectivity index (χ0v) is 22.0. The average Bonchev–Trinajstić information content (AvgIpc) is 2.95.